The third-order valence-electron chi connectivity index (χ3n) is 2.14. The molecule has 0 heterocycles. The molecule has 3 nitrogen and oxygen atoms in total. The molecule has 0 aromatic heterocycles. The predicted octanol–water partition coefficient (Wildman–Crippen LogP) is 1.53. The van der Waals surface area contributed by atoms with Crippen LogP contribution in [0.15, 0.2) is 0 Å². The number of alkyl halides is 1. The van der Waals surface area contributed by atoms with Crippen molar-refractivity contribution in [3.05, 3.63) is 0 Å². The fourth-order valence-corrected chi connectivity index (χ4v) is 2.76. The van der Waals surface area contributed by atoms with Crippen LogP contribution in [0.4, 0.5) is 0 Å². The van der Waals surface area contributed by atoms with Crippen molar-refractivity contribution in [2.75, 3.05) is 13.7 Å². The molecule has 0 radical (unpaired) electrons. The highest BCUT2D eigenvalue weighted by molar-refractivity contribution is 14.1. The van der Waals surface area contributed by atoms with Gasteiger partial charge in [-0.05, 0) is 19.8 Å². The molecule has 1 rings (SSSR count). The monoisotopic (exact) mass is 284 g/mol. The van der Waals surface area contributed by atoms with E-state index in [0.29, 0.717) is 10.5 Å². The van der Waals surface area contributed by atoms with Gasteiger partial charge in [-0.1, -0.05) is 22.6 Å². The summed E-state index contributed by atoms with van der Waals surface area (Å²) in [5, 5.41) is 0. The van der Waals surface area contributed by atoms with E-state index in [4.69, 9.17) is 9.47 Å². The van der Waals surface area contributed by atoms with Gasteiger partial charge in [-0.2, -0.15) is 0 Å². The van der Waals surface area contributed by atoms with Crippen LogP contribution < -0.4 is 0 Å². The number of rotatable bonds is 3. The second kappa shape index (κ2) is 3.91. The summed E-state index contributed by atoms with van der Waals surface area (Å²) in [5.74, 6) is -0.208. The Bertz CT molecular complexity index is 175. The first-order valence-electron chi connectivity index (χ1n) is 4.01. The molecule has 0 N–H and O–H groups in total. The molecule has 0 bridgehead atoms. The number of hydrogen-bond acceptors (Lipinski definition) is 3. The van der Waals surface area contributed by atoms with Gasteiger partial charge in [0.15, 0.2) is 5.60 Å². The van der Waals surface area contributed by atoms with Crippen LogP contribution in [0, 0.1) is 0 Å². The minimum Gasteiger partial charge on any atom is -0.464 e. The molecule has 1 fully saturated rings. The van der Waals surface area contributed by atoms with Crippen LogP contribution in [0.1, 0.15) is 19.8 Å². The average molecular weight is 284 g/mol. The van der Waals surface area contributed by atoms with Crippen molar-refractivity contribution in [2.45, 2.75) is 29.3 Å². The fourth-order valence-electron chi connectivity index (χ4n) is 1.34. The lowest BCUT2D eigenvalue weighted by Gasteiger charge is -2.41. The van der Waals surface area contributed by atoms with Crippen LogP contribution in [0.25, 0.3) is 0 Å². The Morgan fingerprint density at radius 2 is 2.25 bits per heavy atom. The van der Waals surface area contributed by atoms with Crippen molar-refractivity contribution in [1.29, 1.82) is 0 Å². The Morgan fingerprint density at radius 1 is 1.67 bits per heavy atom. The van der Waals surface area contributed by atoms with Gasteiger partial charge in [0.25, 0.3) is 0 Å². The van der Waals surface area contributed by atoms with Crippen LogP contribution in [0.3, 0.4) is 0 Å². The molecule has 0 aliphatic heterocycles. The minimum atomic E-state index is -0.623. The molecule has 0 aromatic carbocycles. The zero-order valence-electron chi connectivity index (χ0n) is 7.30. The van der Waals surface area contributed by atoms with E-state index < -0.39 is 5.60 Å². The quantitative estimate of drug-likeness (QED) is 0.448. The number of esters is 1. The average Bonchev–Trinajstić information content (AvgIpc) is 1.98. The van der Waals surface area contributed by atoms with E-state index in [0.717, 1.165) is 12.8 Å². The fraction of sp³-hybridized carbons (Fsp3) is 0.875. The first-order chi connectivity index (χ1) is 5.64. The van der Waals surface area contributed by atoms with Gasteiger partial charge in [0, 0.05) is 11.0 Å². The maximum absolute atomic E-state index is 11.4. The van der Waals surface area contributed by atoms with Gasteiger partial charge in [-0.25, -0.2) is 4.79 Å². The van der Waals surface area contributed by atoms with Gasteiger partial charge in [0.2, 0.25) is 0 Å². The zero-order chi connectivity index (χ0) is 9.19. The summed E-state index contributed by atoms with van der Waals surface area (Å²) in [5.41, 5.74) is -0.623. The Hall–Kier alpha value is 0.160. The number of ether oxygens (including phenoxy) is 2. The Labute approximate surface area is 85.9 Å². The maximum atomic E-state index is 11.4. The largest absolute Gasteiger partial charge is 0.464 e. The minimum absolute atomic E-state index is 0.208. The number of carbonyl (C=O) groups is 1. The summed E-state index contributed by atoms with van der Waals surface area (Å²) in [4.78, 5) is 11.4. The lowest BCUT2D eigenvalue weighted by atomic mass is 9.80. The summed E-state index contributed by atoms with van der Waals surface area (Å²) in [7, 11) is 1.57. The van der Waals surface area contributed by atoms with Gasteiger partial charge in [0.05, 0.1) is 6.61 Å². The van der Waals surface area contributed by atoms with Gasteiger partial charge < -0.3 is 9.47 Å². The van der Waals surface area contributed by atoms with Crippen LogP contribution in [-0.4, -0.2) is 29.2 Å². The Balaban J connectivity index is 2.51. The molecule has 0 saturated heterocycles. The van der Waals surface area contributed by atoms with Crippen molar-refractivity contribution < 1.29 is 14.3 Å². The molecule has 1 saturated carbocycles. The van der Waals surface area contributed by atoms with Crippen LogP contribution in [0.2, 0.25) is 0 Å². The van der Waals surface area contributed by atoms with Crippen LogP contribution >= 0.6 is 22.6 Å². The van der Waals surface area contributed by atoms with Crippen molar-refractivity contribution in [2.24, 2.45) is 0 Å². The summed E-state index contributed by atoms with van der Waals surface area (Å²) >= 11 is 2.32. The van der Waals surface area contributed by atoms with Gasteiger partial charge in [-0.15, -0.1) is 0 Å². The predicted molar refractivity (Wildman–Crippen MR) is 53.4 cm³/mol. The van der Waals surface area contributed by atoms with Crippen molar-refractivity contribution in [3.8, 4) is 0 Å². The number of hydrogen-bond donors (Lipinski definition) is 0. The Morgan fingerprint density at radius 3 is 2.58 bits per heavy atom. The molecular formula is C8H13IO3. The summed E-state index contributed by atoms with van der Waals surface area (Å²) in [6.45, 7) is 2.23. The van der Waals surface area contributed by atoms with E-state index in [1.54, 1.807) is 7.11 Å². The SMILES string of the molecule is CCOC(=O)C1(OC)CC(I)C1. The standard InChI is InChI=1S/C8H13IO3/c1-3-12-7(10)8(11-2)4-6(9)5-8/h6H,3-5H2,1-2H3. The Kier molecular flexibility index (Phi) is 3.34. The van der Waals surface area contributed by atoms with E-state index >= 15 is 0 Å². The highest BCUT2D eigenvalue weighted by atomic mass is 127. The molecule has 1 aliphatic rings. The van der Waals surface area contributed by atoms with Crippen molar-refractivity contribution >= 4 is 28.6 Å². The molecule has 0 aromatic rings. The normalized spacial score (nSPS) is 34.1. The highest BCUT2D eigenvalue weighted by Crippen LogP contribution is 2.41. The first-order valence-corrected chi connectivity index (χ1v) is 5.25. The molecular weight excluding hydrogens is 271 g/mol. The van der Waals surface area contributed by atoms with Gasteiger partial charge >= 0.3 is 5.97 Å². The summed E-state index contributed by atoms with van der Waals surface area (Å²) < 4.78 is 10.6. The molecule has 0 amide bonds. The van der Waals surface area contributed by atoms with Crippen LogP contribution in [-0.2, 0) is 14.3 Å². The van der Waals surface area contributed by atoms with E-state index in [1.165, 1.54) is 0 Å². The molecule has 0 spiro atoms. The smallest absolute Gasteiger partial charge is 0.338 e. The molecule has 1 aliphatic carbocycles. The highest BCUT2D eigenvalue weighted by Gasteiger charge is 2.51. The zero-order valence-corrected chi connectivity index (χ0v) is 9.46. The molecule has 12 heavy (non-hydrogen) atoms. The van der Waals surface area contributed by atoms with E-state index in [9.17, 15) is 4.79 Å². The van der Waals surface area contributed by atoms with Crippen LogP contribution in [0.5, 0.6) is 0 Å². The second-order valence-electron chi connectivity index (χ2n) is 2.92. The topological polar surface area (TPSA) is 35.5 Å². The first kappa shape index (κ1) is 10.2. The van der Waals surface area contributed by atoms with Gasteiger partial charge in [0.1, 0.15) is 0 Å². The van der Waals surface area contributed by atoms with E-state index in [-0.39, 0.29) is 5.97 Å². The molecule has 4 heteroatoms. The maximum Gasteiger partial charge on any atom is 0.338 e. The molecule has 0 atom stereocenters. The summed E-state index contributed by atoms with van der Waals surface area (Å²) in [6.07, 6.45) is 1.56. The van der Waals surface area contributed by atoms with E-state index in [1.807, 2.05) is 6.92 Å². The second-order valence-corrected chi connectivity index (χ2v) is 4.69. The van der Waals surface area contributed by atoms with Gasteiger partial charge in [-0.3, -0.25) is 0 Å². The lowest BCUT2D eigenvalue weighted by Crippen LogP contribution is -2.53. The van der Waals surface area contributed by atoms with E-state index in [2.05, 4.69) is 22.6 Å². The van der Waals surface area contributed by atoms with Crippen molar-refractivity contribution in [3.63, 3.8) is 0 Å². The number of carbonyl (C=O) groups excluding carboxylic acids is 1. The molecule has 0 unspecified atom stereocenters. The lowest BCUT2D eigenvalue weighted by molar-refractivity contribution is -0.178. The third kappa shape index (κ3) is 1.74. The summed E-state index contributed by atoms with van der Waals surface area (Å²) in [6, 6.07) is 0. The molecule has 70 valence electrons. The number of halogens is 1. The van der Waals surface area contributed by atoms with Crippen molar-refractivity contribution in [1.82, 2.24) is 0 Å². The number of methoxy groups -OCH3 is 1. The third-order valence-corrected chi connectivity index (χ3v) is 3.02.